The Labute approximate surface area is 326 Å². The van der Waals surface area contributed by atoms with Crippen molar-refractivity contribution in [2.24, 2.45) is 5.73 Å². The average molecular weight is 806 g/mol. The third kappa shape index (κ3) is 16.7. The first-order valence-electron chi connectivity index (χ1n) is 19.0. The van der Waals surface area contributed by atoms with Gasteiger partial charge in [0.15, 0.2) is 24.6 Å². The summed E-state index contributed by atoms with van der Waals surface area (Å²) in [5.74, 6) is -5.95. The van der Waals surface area contributed by atoms with Crippen LogP contribution in [0.3, 0.4) is 0 Å². The van der Waals surface area contributed by atoms with E-state index < -0.39 is 116 Å². The molecule has 320 valence electrons. The Kier molecular flexibility index (Phi) is 21.2. The molecule has 56 heavy (non-hydrogen) atoms. The molecule has 2 rings (SSSR count). The van der Waals surface area contributed by atoms with Crippen molar-refractivity contribution in [3.05, 3.63) is 0 Å². The monoisotopic (exact) mass is 805 g/mol. The molecular weight excluding hydrogens is 746 g/mol. The van der Waals surface area contributed by atoms with E-state index in [0.29, 0.717) is 13.0 Å². The van der Waals surface area contributed by atoms with Gasteiger partial charge in [-0.05, 0) is 25.8 Å². The first-order valence-corrected chi connectivity index (χ1v) is 19.0. The van der Waals surface area contributed by atoms with Crippen LogP contribution in [0, 0.1) is 0 Å². The highest BCUT2D eigenvalue weighted by Crippen LogP contribution is 2.36. The van der Waals surface area contributed by atoms with Crippen LogP contribution in [0.4, 0.5) is 0 Å². The second kappa shape index (κ2) is 24.7. The summed E-state index contributed by atoms with van der Waals surface area (Å²) in [5.41, 5.74) is 5.56. The van der Waals surface area contributed by atoms with Crippen LogP contribution in [0.5, 0.6) is 0 Å². The SMILES string of the molecule is CC(=O)OC[C@H]1O[C@H](OC(C)=O)[C@H](OC(C)=O)[C@@H](OC(C)=O)[C@@H]1O[C@@H]1O[C@H](C(CCCCCCCCCCCN)OC(C)=O)[C@H](O)[C@H](OC(C)=O)[C@H]1OC(C)=O. The van der Waals surface area contributed by atoms with Crippen molar-refractivity contribution < 1.29 is 86.0 Å². The Bertz CT molecular complexity index is 1310. The summed E-state index contributed by atoms with van der Waals surface area (Å²) in [4.78, 5) is 85.9. The summed E-state index contributed by atoms with van der Waals surface area (Å²) < 4.78 is 56.5. The van der Waals surface area contributed by atoms with Crippen molar-refractivity contribution in [3.8, 4) is 0 Å². The van der Waals surface area contributed by atoms with E-state index in [1.807, 2.05) is 0 Å². The molecule has 0 radical (unpaired) electrons. The zero-order valence-corrected chi connectivity index (χ0v) is 33.3. The maximum atomic E-state index is 12.5. The molecule has 2 aliphatic heterocycles. The molecule has 0 spiro atoms. The minimum atomic E-state index is -1.82. The van der Waals surface area contributed by atoms with Gasteiger partial charge in [-0.2, -0.15) is 0 Å². The van der Waals surface area contributed by atoms with Crippen LogP contribution in [-0.2, 0) is 80.9 Å². The first-order chi connectivity index (χ1) is 26.4. The molecular formula is C37H59NO18. The van der Waals surface area contributed by atoms with Gasteiger partial charge in [0.25, 0.3) is 0 Å². The van der Waals surface area contributed by atoms with Crippen molar-refractivity contribution in [1.29, 1.82) is 0 Å². The molecule has 2 heterocycles. The Hall–Kier alpha value is -3.91. The molecule has 0 saturated carbocycles. The zero-order chi connectivity index (χ0) is 41.9. The van der Waals surface area contributed by atoms with Gasteiger partial charge in [-0.15, -0.1) is 0 Å². The Balaban J connectivity index is 2.56. The van der Waals surface area contributed by atoms with Gasteiger partial charge < -0.3 is 58.2 Å². The van der Waals surface area contributed by atoms with Crippen LogP contribution in [0.2, 0.25) is 0 Å². The minimum Gasteiger partial charge on any atom is -0.463 e. The summed E-state index contributed by atoms with van der Waals surface area (Å²) in [5, 5.41) is 11.7. The molecule has 19 nitrogen and oxygen atoms in total. The number of carbonyl (C=O) groups is 7. The molecule has 0 aromatic rings. The quantitative estimate of drug-likeness (QED) is 0.0898. The fourth-order valence-electron chi connectivity index (χ4n) is 6.57. The van der Waals surface area contributed by atoms with Crippen LogP contribution in [0.25, 0.3) is 0 Å². The number of hydrogen-bond acceptors (Lipinski definition) is 19. The number of esters is 7. The standard InChI is InChI=1S/C37H59NO18/c1-20(39)47-19-28-31(33(50-23(4)42)35(52-25(6)44)36(54-28)53-26(7)45)56-37-34(51-24(5)43)32(49-22(3)41)29(46)30(55-37)27(48-21(2)40)17-15-13-11-9-8-10-12-14-16-18-38/h27-37,46H,8-19,38H2,1-7H3/t27?,28-,29+,30-,31-,32+,33+,34-,35-,36+,37+/m1/s1. The molecule has 2 saturated heterocycles. The van der Waals surface area contributed by atoms with Gasteiger partial charge in [0.1, 0.15) is 37.1 Å². The van der Waals surface area contributed by atoms with E-state index in [4.69, 9.17) is 53.1 Å². The summed E-state index contributed by atoms with van der Waals surface area (Å²) in [6.45, 7) is 7.56. The number of aliphatic hydroxyl groups is 1. The van der Waals surface area contributed by atoms with E-state index >= 15 is 0 Å². The third-order valence-electron chi connectivity index (χ3n) is 8.76. The Morgan fingerprint density at radius 1 is 0.536 bits per heavy atom. The number of carbonyl (C=O) groups excluding carboxylic acids is 7. The van der Waals surface area contributed by atoms with E-state index in [2.05, 4.69) is 0 Å². The van der Waals surface area contributed by atoms with Crippen LogP contribution in [0.1, 0.15) is 113 Å². The highest BCUT2D eigenvalue weighted by molar-refractivity contribution is 5.69. The average Bonchev–Trinajstić information content (AvgIpc) is 3.08. The molecule has 0 aromatic heterocycles. The summed E-state index contributed by atoms with van der Waals surface area (Å²) in [6.07, 6.45) is -8.90. The van der Waals surface area contributed by atoms with Crippen LogP contribution >= 0.6 is 0 Å². The molecule has 2 aliphatic rings. The van der Waals surface area contributed by atoms with Crippen molar-refractivity contribution in [2.45, 2.75) is 180 Å². The summed E-state index contributed by atoms with van der Waals surface area (Å²) in [7, 11) is 0. The molecule has 0 bridgehead atoms. The van der Waals surface area contributed by atoms with Crippen LogP contribution in [0.15, 0.2) is 0 Å². The number of hydrogen-bond donors (Lipinski definition) is 2. The van der Waals surface area contributed by atoms with Crippen LogP contribution < -0.4 is 5.73 Å². The minimum absolute atomic E-state index is 0.200. The lowest BCUT2D eigenvalue weighted by molar-refractivity contribution is -0.361. The predicted octanol–water partition coefficient (Wildman–Crippen LogP) is 1.83. The zero-order valence-electron chi connectivity index (χ0n) is 33.3. The summed E-state index contributed by atoms with van der Waals surface area (Å²) in [6, 6.07) is 0. The van der Waals surface area contributed by atoms with Gasteiger partial charge in [0, 0.05) is 48.5 Å². The van der Waals surface area contributed by atoms with Gasteiger partial charge in [-0.1, -0.05) is 44.9 Å². The maximum Gasteiger partial charge on any atom is 0.305 e. The molecule has 11 atom stereocenters. The Morgan fingerprint density at radius 3 is 1.48 bits per heavy atom. The third-order valence-corrected chi connectivity index (χ3v) is 8.76. The fourth-order valence-corrected chi connectivity index (χ4v) is 6.57. The fraction of sp³-hybridized carbons (Fsp3) is 0.811. The largest absolute Gasteiger partial charge is 0.463 e. The van der Waals surface area contributed by atoms with E-state index in [-0.39, 0.29) is 6.42 Å². The van der Waals surface area contributed by atoms with Gasteiger partial charge in [-0.3, -0.25) is 33.6 Å². The number of ether oxygens (including phenoxy) is 10. The highest BCUT2D eigenvalue weighted by atomic mass is 16.8. The van der Waals surface area contributed by atoms with Gasteiger partial charge in [-0.25, -0.2) is 0 Å². The number of rotatable bonds is 22. The number of unbranched alkanes of at least 4 members (excludes halogenated alkanes) is 8. The molecule has 1 unspecified atom stereocenters. The van der Waals surface area contributed by atoms with Crippen molar-refractivity contribution >= 4 is 41.8 Å². The first kappa shape index (κ1) is 48.2. The lowest BCUT2D eigenvalue weighted by Gasteiger charge is -2.49. The van der Waals surface area contributed by atoms with Gasteiger partial charge >= 0.3 is 41.8 Å². The lowest BCUT2D eigenvalue weighted by atomic mass is 9.91. The van der Waals surface area contributed by atoms with Crippen molar-refractivity contribution in [3.63, 3.8) is 0 Å². The highest BCUT2D eigenvalue weighted by Gasteiger charge is 2.58. The predicted molar refractivity (Wildman–Crippen MR) is 190 cm³/mol. The molecule has 2 fully saturated rings. The van der Waals surface area contributed by atoms with Crippen molar-refractivity contribution in [2.75, 3.05) is 13.2 Å². The maximum absolute atomic E-state index is 12.5. The number of aliphatic hydroxyl groups excluding tert-OH is 1. The van der Waals surface area contributed by atoms with E-state index in [1.54, 1.807) is 0 Å². The lowest BCUT2D eigenvalue weighted by Crippen LogP contribution is -2.67. The Morgan fingerprint density at radius 2 is 1.00 bits per heavy atom. The normalized spacial score (nSPS) is 27.9. The van der Waals surface area contributed by atoms with E-state index in [9.17, 15) is 38.7 Å². The molecule has 0 aliphatic carbocycles. The van der Waals surface area contributed by atoms with Gasteiger partial charge in [0.05, 0.1) is 0 Å². The molecule has 0 amide bonds. The second-order valence-electron chi connectivity index (χ2n) is 13.7. The second-order valence-corrected chi connectivity index (χ2v) is 13.7. The van der Waals surface area contributed by atoms with E-state index in [1.165, 1.54) is 6.92 Å². The number of nitrogens with two attached hydrogens (primary N) is 1. The molecule has 0 aromatic carbocycles. The van der Waals surface area contributed by atoms with Gasteiger partial charge in [0.2, 0.25) is 12.4 Å². The van der Waals surface area contributed by atoms with Crippen LogP contribution in [-0.4, -0.2) is 128 Å². The topological polar surface area (TPSA) is 258 Å². The molecule has 19 heteroatoms. The van der Waals surface area contributed by atoms with Crippen molar-refractivity contribution in [1.82, 2.24) is 0 Å². The van der Waals surface area contributed by atoms with E-state index in [0.717, 1.165) is 92.9 Å². The smallest absolute Gasteiger partial charge is 0.305 e. The summed E-state index contributed by atoms with van der Waals surface area (Å²) >= 11 is 0. The molecule has 3 N–H and O–H groups in total.